The molecule has 1 saturated carbocycles. The van der Waals surface area contributed by atoms with Crippen molar-refractivity contribution in [3.05, 3.63) is 23.2 Å². The molecule has 5 rings (SSSR count). The van der Waals surface area contributed by atoms with Gasteiger partial charge in [0, 0.05) is 0 Å². The van der Waals surface area contributed by atoms with Crippen LogP contribution in [0.1, 0.15) is 102 Å². The van der Waals surface area contributed by atoms with Gasteiger partial charge in [0.05, 0.1) is 45.2 Å². The van der Waals surface area contributed by atoms with E-state index in [4.69, 9.17) is 44.3 Å². The second-order valence-electron chi connectivity index (χ2n) is 14.4. The van der Waals surface area contributed by atoms with Crippen LogP contribution in [-0.2, 0) is 27.9 Å². The van der Waals surface area contributed by atoms with Crippen LogP contribution >= 0.6 is 11.6 Å². The van der Waals surface area contributed by atoms with Gasteiger partial charge in [-0.3, -0.25) is 0 Å². The molecule has 3 heterocycles. The van der Waals surface area contributed by atoms with Crippen molar-refractivity contribution in [1.82, 2.24) is 0 Å². The Morgan fingerprint density at radius 2 is 1.20 bits per heavy atom. The monoisotopic (exact) mass is 576 g/mol. The second kappa shape index (κ2) is 10.8. The first-order chi connectivity index (χ1) is 18.2. The van der Waals surface area contributed by atoms with Crippen LogP contribution in [0.25, 0.3) is 0 Å². The van der Waals surface area contributed by atoms with Crippen molar-refractivity contribution in [2.24, 2.45) is 5.92 Å². The highest BCUT2D eigenvalue weighted by Gasteiger charge is 2.63. The van der Waals surface area contributed by atoms with Gasteiger partial charge in [0.15, 0.2) is 0 Å². The lowest BCUT2D eigenvalue weighted by molar-refractivity contribution is -0.0118. The first kappa shape index (κ1) is 32.2. The van der Waals surface area contributed by atoms with E-state index in [2.05, 4.69) is 27.7 Å². The van der Waals surface area contributed by atoms with Crippen molar-refractivity contribution in [1.29, 1.82) is 0 Å². The van der Waals surface area contributed by atoms with E-state index in [0.29, 0.717) is 10.9 Å². The van der Waals surface area contributed by atoms with E-state index in [1.807, 2.05) is 73.6 Å². The summed E-state index contributed by atoms with van der Waals surface area (Å²) in [5.41, 5.74) is -1.11. The Morgan fingerprint density at radius 1 is 0.725 bits per heavy atom. The number of ether oxygens (including phenoxy) is 1. The molecule has 0 amide bonds. The summed E-state index contributed by atoms with van der Waals surface area (Å²) < 4.78 is 42.1. The fraction of sp³-hybridized carbons (Fsp3) is 0.793. The van der Waals surface area contributed by atoms with Crippen LogP contribution in [-0.4, -0.2) is 61.3 Å². The minimum Gasteiger partial charge on any atom is -0.492 e. The molecular weight excluding hydrogens is 528 g/mol. The molecule has 4 aliphatic rings. The average molecular weight is 577 g/mol. The third-order valence-corrected chi connectivity index (χ3v) is 10.2. The van der Waals surface area contributed by atoms with Crippen LogP contribution < -0.4 is 10.2 Å². The zero-order chi connectivity index (χ0) is 29.9. The van der Waals surface area contributed by atoms with Gasteiger partial charge in [-0.1, -0.05) is 24.6 Å². The van der Waals surface area contributed by atoms with Gasteiger partial charge in [-0.2, -0.15) is 0 Å². The molecule has 0 radical (unpaired) electrons. The molecule has 0 N–H and O–H groups in total. The number of benzene rings is 1. The maximum atomic E-state index is 6.24. The van der Waals surface area contributed by atoms with Crippen LogP contribution in [0.5, 0.6) is 5.75 Å². The Kier molecular flexibility index (Phi) is 8.66. The Bertz CT molecular complexity index is 1010. The third kappa shape index (κ3) is 6.29. The van der Waals surface area contributed by atoms with Gasteiger partial charge in [-0.25, -0.2) is 0 Å². The second-order valence-corrected chi connectivity index (χ2v) is 14.8. The number of rotatable bonds is 6. The third-order valence-electron chi connectivity index (χ3n) is 9.88. The molecule has 7 nitrogen and oxygen atoms in total. The lowest BCUT2D eigenvalue weighted by atomic mass is 9.49. The summed E-state index contributed by atoms with van der Waals surface area (Å²) in [6, 6.07) is 5.77. The van der Waals surface area contributed by atoms with Gasteiger partial charge in [-0.15, -0.1) is 0 Å². The van der Waals surface area contributed by atoms with Crippen LogP contribution in [0.4, 0.5) is 0 Å². The maximum absolute atomic E-state index is 6.24. The van der Waals surface area contributed by atoms with E-state index in [0.717, 1.165) is 24.2 Å². The number of hydrogen-bond donors (Lipinski definition) is 0. The van der Waals surface area contributed by atoms with E-state index < -0.39 is 14.0 Å². The lowest BCUT2D eigenvalue weighted by Gasteiger charge is -2.35. The summed E-state index contributed by atoms with van der Waals surface area (Å²) in [6.07, 6.45) is 3.42. The van der Waals surface area contributed by atoms with Crippen LogP contribution in [0.2, 0.25) is 5.02 Å². The first-order valence-corrected chi connectivity index (χ1v) is 15.1. The number of halogens is 1. The molecule has 3 aliphatic heterocycles. The first-order valence-electron chi connectivity index (χ1n) is 14.7. The summed E-state index contributed by atoms with van der Waals surface area (Å²) >= 11 is 6.24. The lowest BCUT2D eigenvalue weighted by Crippen LogP contribution is -2.44. The molecule has 4 fully saturated rings. The minimum absolute atomic E-state index is 0.299. The highest BCUT2D eigenvalue weighted by atomic mass is 35.5. The van der Waals surface area contributed by atoms with Gasteiger partial charge in [0.2, 0.25) is 0 Å². The number of hydrogen-bond acceptors (Lipinski definition) is 7. The minimum atomic E-state index is -0.476. The Hall–Kier alpha value is -0.735. The van der Waals surface area contributed by atoms with Crippen molar-refractivity contribution < 1.29 is 32.7 Å². The smallest absolute Gasteiger partial charge is 0.492 e. The highest BCUT2D eigenvalue weighted by molar-refractivity contribution is 7.11. The van der Waals surface area contributed by atoms with Gasteiger partial charge in [0.25, 0.3) is 0 Å². The van der Waals surface area contributed by atoms with E-state index in [1.54, 1.807) is 0 Å². The molecule has 0 spiro atoms. The molecule has 0 bridgehead atoms. The van der Waals surface area contributed by atoms with Crippen molar-refractivity contribution in [3.8, 4) is 5.75 Å². The van der Waals surface area contributed by atoms with Crippen molar-refractivity contribution in [2.75, 3.05) is 6.61 Å². The molecule has 1 unspecified atom stereocenters. The fourth-order valence-corrected chi connectivity index (χ4v) is 4.88. The largest absolute Gasteiger partial charge is 0.494 e. The summed E-state index contributed by atoms with van der Waals surface area (Å²) in [5, 5.41) is 0.639. The van der Waals surface area contributed by atoms with E-state index >= 15 is 0 Å². The average Bonchev–Trinajstić information content (AvgIpc) is 3.53. The topological polar surface area (TPSA) is 64.6 Å². The summed E-state index contributed by atoms with van der Waals surface area (Å²) in [7, 11) is -1.33. The van der Waals surface area contributed by atoms with Crippen molar-refractivity contribution >= 4 is 38.2 Å². The molecule has 3 saturated heterocycles. The molecule has 0 aromatic heterocycles. The molecule has 1 aromatic rings. The molecule has 222 valence electrons. The van der Waals surface area contributed by atoms with Crippen LogP contribution in [0, 0.1) is 5.92 Å². The van der Waals surface area contributed by atoms with Gasteiger partial charge in [-0.05, 0) is 119 Å². The summed E-state index contributed by atoms with van der Waals surface area (Å²) in [4.78, 5) is 0. The normalized spacial score (nSPS) is 29.4. The quantitative estimate of drug-likeness (QED) is 0.381. The predicted octanol–water partition coefficient (Wildman–Crippen LogP) is 6.07. The van der Waals surface area contributed by atoms with Crippen molar-refractivity contribution in [2.45, 2.75) is 136 Å². The summed E-state index contributed by atoms with van der Waals surface area (Å²) in [5.74, 6) is 1.42. The Balaban J connectivity index is 0.000000189. The SMILES string of the molecule is CC1(C)OB(B2OC(C)(C)C(C)(C)O2)OC1(C)C.CCC1(C)OB(c2ccc(Cl)c(OCC3CC3)c2)OC1(C)C. The molecule has 1 aromatic carbocycles. The van der Waals surface area contributed by atoms with E-state index in [-0.39, 0.29) is 40.7 Å². The zero-order valence-electron chi connectivity index (χ0n) is 26.6. The van der Waals surface area contributed by atoms with Crippen molar-refractivity contribution in [3.63, 3.8) is 0 Å². The predicted molar refractivity (Wildman–Crippen MR) is 162 cm³/mol. The summed E-state index contributed by atoms with van der Waals surface area (Å²) in [6.45, 7) is 25.3. The highest BCUT2D eigenvalue weighted by Crippen LogP contribution is 2.43. The fourth-order valence-electron chi connectivity index (χ4n) is 4.71. The van der Waals surface area contributed by atoms with Crippen LogP contribution in [0.3, 0.4) is 0 Å². The Morgan fingerprint density at radius 3 is 1.60 bits per heavy atom. The zero-order valence-corrected chi connectivity index (χ0v) is 27.4. The van der Waals surface area contributed by atoms with E-state index in [9.17, 15) is 0 Å². The van der Waals surface area contributed by atoms with Gasteiger partial charge >= 0.3 is 21.1 Å². The van der Waals surface area contributed by atoms with E-state index in [1.165, 1.54) is 12.8 Å². The van der Waals surface area contributed by atoms with Gasteiger partial charge in [0.1, 0.15) is 5.75 Å². The standard InChI is InChI=1S/C17H24BClO3.C12H24B2O4/c1-5-17(4)16(2,3)21-18(22-17)13-8-9-14(19)15(10-13)20-11-12-6-7-12;1-9(2)10(3,4)16-13(15-9)14-17-11(5,6)12(7,8)18-14/h8-10,12H,5-7,11H2,1-4H3;1-8H3. The molecular formula is C29H48B3ClO7. The maximum Gasteiger partial charge on any atom is 0.494 e. The molecule has 1 aliphatic carbocycles. The van der Waals surface area contributed by atoms with Gasteiger partial charge < -0.3 is 32.7 Å². The Labute approximate surface area is 248 Å². The molecule has 11 heteroatoms. The van der Waals surface area contributed by atoms with Crippen LogP contribution in [0.15, 0.2) is 18.2 Å². The molecule has 40 heavy (non-hydrogen) atoms. The molecule has 1 atom stereocenters.